The van der Waals surface area contributed by atoms with Gasteiger partial charge in [0.15, 0.2) is 0 Å². The second kappa shape index (κ2) is 7.88. The van der Waals surface area contributed by atoms with E-state index in [9.17, 15) is 0 Å². The smallest absolute Gasteiger partial charge is 0.119 e. The van der Waals surface area contributed by atoms with Crippen molar-refractivity contribution < 1.29 is 9.47 Å². The molecule has 0 saturated carbocycles. The van der Waals surface area contributed by atoms with Crippen LogP contribution in [0.25, 0.3) is 0 Å². The molecule has 1 aromatic rings. The fourth-order valence-corrected chi connectivity index (χ4v) is 2.58. The number of rotatable bonds is 6. The monoisotopic (exact) mass is 327 g/mol. The second-order valence-electron chi connectivity index (χ2n) is 5.12. The third-order valence-electron chi connectivity index (χ3n) is 3.47. The van der Waals surface area contributed by atoms with Crippen LogP contribution in [0.1, 0.15) is 12.8 Å². The first-order valence-corrected chi connectivity index (χ1v) is 7.68. The van der Waals surface area contributed by atoms with Crippen LogP contribution in [0.4, 0.5) is 0 Å². The Labute approximate surface area is 124 Å². The maximum absolute atomic E-state index is 5.73. The average molecular weight is 328 g/mol. The molecule has 106 valence electrons. The van der Waals surface area contributed by atoms with E-state index in [0.29, 0.717) is 0 Å². The Bertz CT molecular complexity index is 363. The SMILES string of the molecule is CN(CCOc1ccc(Br)cc1)CC1CCOCC1. The van der Waals surface area contributed by atoms with Crippen LogP contribution in [0, 0.1) is 5.92 Å². The highest BCUT2D eigenvalue weighted by Crippen LogP contribution is 2.17. The lowest BCUT2D eigenvalue weighted by Crippen LogP contribution is -2.32. The molecule has 0 bridgehead atoms. The van der Waals surface area contributed by atoms with Crippen molar-refractivity contribution in [3.63, 3.8) is 0 Å². The Morgan fingerprint density at radius 2 is 1.95 bits per heavy atom. The Hall–Kier alpha value is -0.580. The summed E-state index contributed by atoms with van der Waals surface area (Å²) < 4.78 is 12.2. The summed E-state index contributed by atoms with van der Waals surface area (Å²) in [6.45, 7) is 4.70. The van der Waals surface area contributed by atoms with Crippen molar-refractivity contribution in [3.8, 4) is 5.75 Å². The summed E-state index contributed by atoms with van der Waals surface area (Å²) in [6.07, 6.45) is 2.38. The van der Waals surface area contributed by atoms with Crippen molar-refractivity contribution in [3.05, 3.63) is 28.7 Å². The van der Waals surface area contributed by atoms with Gasteiger partial charge in [-0.05, 0) is 50.1 Å². The van der Waals surface area contributed by atoms with Crippen molar-refractivity contribution in [1.29, 1.82) is 0 Å². The fourth-order valence-electron chi connectivity index (χ4n) is 2.31. The van der Waals surface area contributed by atoms with Gasteiger partial charge in [-0.3, -0.25) is 0 Å². The summed E-state index contributed by atoms with van der Waals surface area (Å²) in [7, 11) is 2.17. The van der Waals surface area contributed by atoms with Crippen molar-refractivity contribution in [2.24, 2.45) is 5.92 Å². The van der Waals surface area contributed by atoms with Gasteiger partial charge in [-0.15, -0.1) is 0 Å². The summed E-state index contributed by atoms with van der Waals surface area (Å²) in [5, 5.41) is 0. The van der Waals surface area contributed by atoms with Gasteiger partial charge >= 0.3 is 0 Å². The van der Waals surface area contributed by atoms with Gasteiger partial charge in [0.2, 0.25) is 0 Å². The molecule has 19 heavy (non-hydrogen) atoms. The van der Waals surface area contributed by atoms with E-state index in [1.54, 1.807) is 0 Å². The number of hydrogen-bond donors (Lipinski definition) is 0. The van der Waals surface area contributed by atoms with Gasteiger partial charge in [0.25, 0.3) is 0 Å². The normalized spacial score (nSPS) is 16.8. The lowest BCUT2D eigenvalue weighted by Gasteiger charge is -2.27. The summed E-state index contributed by atoms with van der Waals surface area (Å²) in [6, 6.07) is 7.98. The maximum Gasteiger partial charge on any atom is 0.119 e. The van der Waals surface area contributed by atoms with Crippen LogP contribution in [-0.2, 0) is 4.74 Å². The minimum absolute atomic E-state index is 0.737. The van der Waals surface area contributed by atoms with Crippen LogP contribution in [0.5, 0.6) is 5.75 Å². The van der Waals surface area contributed by atoms with Crippen LogP contribution in [0.15, 0.2) is 28.7 Å². The van der Waals surface area contributed by atoms with Crippen molar-refractivity contribution in [2.75, 3.05) is 40.0 Å². The minimum Gasteiger partial charge on any atom is -0.492 e. The highest BCUT2D eigenvalue weighted by atomic mass is 79.9. The first-order chi connectivity index (χ1) is 9.24. The van der Waals surface area contributed by atoms with E-state index in [0.717, 1.165) is 49.1 Å². The fraction of sp³-hybridized carbons (Fsp3) is 0.600. The molecule has 0 radical (unpaired) electrons. The first kappa shape index (κ1) is 14.8. The van der Waals surface area contributed by atoms with Gasteiger partial charge in [-0.25, -0.2) is 0 Å². The van der Waals surface area contributed by atoms with Crippen LogP contribution >= 0.6 is 15.9 Å². The Morgan fingerprint density at radius 3 is 2.63 bits per heavy atom. The van der Waals surface area contributed by atoms with Crippen LogP contribution in [-0.4, -0.2) is 44.9 Å². The molecule has 0 unspecified atom stereocenters. The third-order valence-corrected chi connectivity index (χ3v) is 3.99. The molecule has 1 saturated heterocycles. The van der Waals surface area contributed by atoms with Gasteiger partial charge in [0.1, 0.15) is 12.4 Å². The van der Waals surface area contributed by atoms with Gasteiger partial charge in [-0.2, -0.15) is 0 Å². The summed E-state index contributed by atoms with van der Waals surface area (Å²) in [5.41, 5.74) is 0. The van der Waals surface area contributed by atoms with E-state index in [1.807, 2.05) is 24.3 Å². The van der Waals surface area contributed by atoms with E-state index in [1.165, 1.54) is 12.8 Å². The van der Waals surface area contributed by atoms with E-state index >= 15 is 0 Å². The summed E-state index contributed by atoms with van der Waals surface area (Å²) in [5.74, 6) is 1.72. The van der Waals surface area contributed by atoms with Crippen molar-refractivity contribution in [2.45, 2.75) is 12.8 Å². The predicted octanol–water partition coefficient (Wildman–Crippen LogP) is 3.19. The van der Waals surface area contributed by atoms with Crippen LogP contribution < -0.4 is 4.74 Å². The number of benzene rings is 1. The third kappa shape index (κ3) is 5.51. The number of halogens is 1. The Kier molecular flexibility index (Phi) is 6.14. The van der Waals surface area contributed by atoms with Crippen molar-refractivity contribution in [1.82, 2.24) is 4.90 Å². The van der Waals surface area contributed by atoms with Gasteiger partial charge in [0.05, 0.1) is 0 Å². The van der Waals surface area contributed by atoms with Gasteiger partial charge < -0.3 is 14.4 Å². The molecule has 2 rings (SSSR count). The molecule has 3 nitrogen and oxygen atoms in total. The van der Waals surface area contributed by atoms with Crippen molar-refractivity contribution >= 4 is 15.9 Å². The molecule has 1 aromatic carbocycles. The minimum atomic E-state index is 0.737. The molecule has 0 aromatic heterocycles. The van der Waals surface area contributed by atoms with Gasteiger partial charge in [0, 0.05) is 30.8 Å². The number of likely N-dealkylation sites (N-methyl/N-ethyl adjacent to an activating group) is 1. The second-order valence-corrected chi connectivity index (χ2v) is 6.04. The molecule has 1 fully saturated rings. The molecule has 4 heteroatoms. The zero-order valence-corrected chi connectivity index (χ0v) is 13.1. The predicted molar refractivity (Wildman–Crippen MR) is 80.7 cm³/mol. The first-order valence-electron chi connectivity index (χ1n) is 6.88. The zero-order chi connectivity index (χ0) is 13.5. The van der Waals surface area contributed by atoms with Crippen LogP contribution in [0.3, 0.4) is 0 Å². The average Bonchev–Trinajstić information content (AvgIpc) is 2.42. The highest BCUT2D eigenvalue weighted by Gasteiger charge is 2.15. The lowest BCUT2D eigenvalue weighted by atomic mass is 10.00. The molecule has 0 aliphatic carbocycles. The van der Waals surface area contributed by atoms with E-state index in [2.05, 4.69) is 27.9 Å². The van der Waals surface area contributed by atoms with Gasteiger partial charge in [-0.1, -0.05) is 15.9 Å². The largest absolute Gasteiger partial charge is 0.492 e. The molecular formula is C15H22BrNO2. The van der Waals surface area contributed by atoms with Crippen LogP contribution in [0.2, 0.25) is 0 Å². The van der Waals surface area contributed by atoms with E-state index < -0.39 is 0 Å². The lowest BCUT2D eigenvalue weighted by molar-refractivity contribution is 0.0543. The standard InChI is InChI=1S/C15H22BrNO2/c1-17(12-13-6-9-18-10-7-13)8-11-19-15-4-2-14(16)3-5-15/h2-5,13H,6-12H2,1H3. The van der Waals surface area contributed by atoms with E-state index in [-0.39, 0.29) is 0 Å². The summed E-state index contributed by atoms with van der Waals surface area (Å²) in [4.78, 5) is 2.36. The Morgan fingerprint density at radius 1 is 1.26 bits per heavy atom. The number of hydrogen-bond acceptors (Lipinski definition) is 3. The summed E-state index contributed by atoms with van der Waals surface area (Å²) >= 11 is 3.42. The Balaban J connectivity index is 1.63. The number of ether oxygens (including phenoxy) is 2. The molecule has 0 N–H and O–H groups in total. The molecule has 1 aliphatic rings. The quantitative estimate of drug-likeness (QED) is 0.801. The highest BCUT2D eigenvalue weighted by molar-refractivity contribution is 9.10. The molecule has 1 aliphatic heterocycles. The molecule has 0 atom stereocenters. The molecule has 0 amide bonds. The van der Waals surface area contributed by atoms with E-state index in [4.69, 9.17) is 9.47 Å². The maximum atomic E-state index is 5.73. The topological polar surface area (TPSA) is 21.7 Å². The zero-order valence-electron chi connectivity index (χ0n) is 11.5. The molecular weight excluding hydrogens is 306 g/mol. The number of nitrogens with zero attached hydrogens (tertiary/aromatic N) is 1. The molecule has 0 spiro atoms. The molecule has 1 heterocycles.